The summed E-state index contributed by atoms with van der Waals surface area (Å²) in [4.78, 5) is 27.5. The van der Waals surface area contributed by atoms with Crippen LogP contribution in [0.2, 0.25) is 10.0 Å². The Kier molecular flexibility index (Phi) is 5.86. The van der Waals surface area contributed by atoms with Crippen LogP contribution in [0.1, 0.15) is 38.4 Å². The summed E-state index contributed by atoms with van der Waals surface area (Å²) in [5.41, 5.74) is 9.01. The van der Waals surface area contributed by atoms with Gasteiger partial charge in [0, 0.05) is 38.2 Å². The molecule has 0 spiro atoms. The number of fused-ring (bicyclic) bond motifs is 1. The van der Waals surface area contributed by atoms with E-state index in [0.29, 0.717) is 39.3 Å². The van der Waals surface area contributed by atoms with Crippen LogP contribution in [0.15, 0.2) is 41.3 Å². The van der Waals surface area contributed by atoms with E-state index in [1.54, 1.807) is 38.1 Å². The molecular formula is C23H19Cl2N3O4S. The van der Waals surface area contributed by atoms with Crippen LogP contribution in [0.4, 0.5) is 5.69 Å². The van der Waals surface area contributed by atoms with E-state index < -0.39 is 15.7 Å². The molecular weight excluding hydrogens is 485 g/mol. The van der Waals surface area contributed by atoms with Gasteiger partial charge in [0.25, 0.3) is 11.8 Å². The third-order valence-corrected chi connectivity index (χ3v) is 7.89. The van der Waals surface area contributed by atoms with Gasteiger partial charge >= 0.3 is 0 Å². The van der Waals surface area contributed by atoms with Crippen molar-refractivity contribution in [1.29, 1.82) is 0 Å². The van der Waals surface area contributed by atoms with Gasteiger partial charge in [0.15, 0.2) is 9.84 Å². The predicted octanol–water partition coefficient (Wildman–Crippen LogP) is 4.50. The van der Waals surface area contributed by atoms with E-state index in [2.05, 4.69) is 10.3 Å². The first-order chi connectivity index (χ1) is 15.5. The Bertz CT molecular complexity index is 1450. The number of aryl methyl sites for hydroxylation is 1. The maximum absolute atomic E-state index is 13.1. The first kappa shape index (κ1) is 23.1. The van der Waals surface area contributed by atoms with Crippen LogP contribution in [0.3, 0.4) is 0 Å². The number of anilines is 1. The van der Waals surface area contributed by atoms with Gasteiger partial charge in [-0.25, -0.2) is 8.42 Å². The molecule has 1 aromatic heterocycles. The smallest absolute Gasteiger partial charge is 0.256 e. The molecule has 0 aliphatic carbocycles. The van der Waals surface area contributed by atoms with Crippen LogP contribution in [0.5, 0.6) is 0 Å². The summed E-state index contributed by atoms with van der Waals surface area (Å²) in [6.07, 6.45) is 1.58. The van der Waals surface area contributed by atoms with Crippen molar-refractivity contribution in [3.63, 3.8) is 0 Å². The van der Waals surface area contributed by atoms with Crippen LogP contribution >= 0.6 is 23.2 Å². The number of H-pyrrole nitrogens is 1. The summed E-state index contributed by atoms with van der Waals surface area (Å²) in [5.74, 6) is -1.35. The van der Waals surface area contributed by atoms with Gasteiger partial charge in [0.2, 0.25) is 0 Å². The van der Waals surface area contributed by atoms with Gasteiger partial charge in [0.05, 0.1) is 21.8 Å². The zero-order chi connectivity index (χ0) is 24.1. The maximum atomic E-state index is 13.1. The van der Waals surface area contributed by atoms with Crippen LogP contribution in [0.25, 0.3) is 11.6 Å². The highest BCUT2D eigenvalue weighted by Crippen LogP contribution is 2.37. The molecule has 0 unspecified atom stereocenters. The molecule has 2 aromatic carbocycles. The molecule has 0 bridgehead atoms. The number of carbonyl (C=O) groups excluding carboxylic acids is 2. The number of primary amides is 1. The number of rotatable bonds is 5. The average Bonchev–Trinajstić information content (AvgIpc) is 3.19. The first-order valence-electron chi connectivity index (χ1n) is 9.81. The second-order valence-electron chi connectivity index (χ2n) is 7.71. The Balaban J connectivity index is 1.77. The lowest BCUT2D eigenvalue weighted by Gasteiger charge is -2.10. The number of carbonyl (C=O) groups is 2. The highest BCUT2D eigenvalue weighted by molar-refractivity contribution is 7.90. The molecule has 2 amide bonds. The molecule has 4 rings (SSSR count). The maximum Gasteiger partial charge on any atom is 0.256 e. The van der Waals surface area contributed by atoms with Crippen LogP contribution in [0, 0.1) is 13.8 Å². The highest BCUT2D eigenvalue weighted by Gasteiger charge is 2.28. The fourth-order valence-electron chi connectivity index (χ4n) is 3.88. The summed E-state index contributed by atoms with van der Waals surface area (Å²) in [7, 11) is -3.82. The van der Waals surface area contributed by atoms with Gasteiger partial charge in [-0.05, 0) is 55.8 Å². The number of hydrogen-bond acceptors (Lipinski definition) is 4. The Morgan fingerprint density at radius 2 is 1.79 bits per heavy atom. The van der Waals surface area contributed by atoms with Crippen molar-refractivity contribution < 1.29 is 18.0 Å². The van der Waals surface area contributed by atoms with Crippen molar-refractivity contribution in [1.82, 2.24) is 4.98 Å². The molecule has 0 saturated heterocycles. The Morgan fingerprint density at radius 1 is 1.12 bits per heavy atom. The normalized spacial score (nSPS) is 14.4. The summed E-state index contributed by atoms with van der Waals surface area (Å²) in [6.45, 7) is 3.43. The second-order valence-corrected chi connectivity index (χ2v) is 10.5. The molecule has 170 valence electrons. The van der Waals surface area contributed by atoms with Crippen LogP contribution in [-0.4, -0.2) is 25.2 Å². The molecule has 1 aliphatic rings. The molecule has 33 heavy (non-hydrogen) atoms. The molecule has 4 N–H and O–H groups in total. The van der Waals surface area contributed by atoms with E-state index in [1.165, 1.54) is 18.2 Å². The number of sulfone groups is 1. The third kappa shape index (κ3) is 4.17. The third-order valence-electron chi connectivity index (χ3n) is 5.54. The summed E-state index contributed by atoms with van der Waals surface area (Å²) in [5, 5.41) is 3.24. The van der Waals surface area contributed by atoms with E-state index in [0.717, 1.165) is 0 Å². The van der Waals surface area contributed by atoms with Gasteiger partial charge in [-0.1, -0.05) is 29.3 Å². The zero-order valence-corrected chi connectivity index (χ0v) is 20.0. The average molecular weight is 504 g/mol. The van der Waals surface area contributed by atoms with E-state index in [4.69, 9.17) is 28.9 Å². The number of nitrogens with one attached hydrogen (secondary N) is 2. The molecule has 2 heterocycles. The number of aromatic amines is 1. The Hall–Kier alpha value is -3.07. The number of hydrogen-bond donors (Lipinski definition) is 3. The van der Waals surface area contributed by atoms with Gasteiger partial charge < -0.3 is 16.0 Å². The first-order valence-corrected chi connectivity index (χ1v) is 12.2. The lowest BCUT2D eigenvalue weighted by molar-refractivity contribution is -0.110. The fraction of sp³-hybridized carbons (Fsp3) is 0.130. The van der Waals surface area contributed by atoms with Crippen molar-refractivity contribution in [3.05, 3.63) is 80.1 Å². The number of aromatic nitrogens is 1. The molecule has 0 atom stereocenters. The summed E-state index contributed by atoms with van der Waals surface area (Å²) in [6, 6.07) is 9.20. The van der Waals surface area contributed by atoms with Crippen molar-refractivity contribution in [2.45, 2.75) is 24.5 Å². The minimum Gasteiger partial charge on any atom is -0.366 e. The Labute approximate surface area is 200 Å². The van der Waals surface area contributed by atoms with Gasteiger partial charge in [0.1, 0.15) is 0 Å². The summed E-state index contributed by atoms with van der Waals surface area (Å²) < 4.78 is 26.3. The van der Waals surface area contributed by atoms with Crippen molar-refractivity contribution in [2.24, 2.45) is 5.73 Å². The van der Waals surface area contributed by atoms with E-state index in [-0.39, 0.29) is 32.2 Å². The van der Waals surface area contributed by atoms with E-state index in [9.17, 15) is 18.0 Å². The standard InChI is InChI=1S/C23H19Cl2N3O4S/c1-11-20(27-12(2)21(11)22(26)29)9-15-14-8-13(6-7-19(14)28-23(15)30)33(31,32)10-16-17(24)4-3-5-18(16)25/h3-9,27H,10H2,1-2H3,(H2,26,29)(H,28,30). The molecule has 0 fully saturated rings. The molecule has 0 radical (unpaired) electrons. The molecule has 10 heteroatoms. The molecule has 3 aromatic rings. The predicted molar refractivity (Wildman–Crippen MR) is 129 cm³/mol. The van der Waals surface area contributed by atoms with Crippen molar-refractivity contribution in [3.8, 4) is 0 Å². The lowest BCUT2D eigenvalue weighted by Crippen LogP contribution is -2.12. The van der Waals surface area contributed by atoms with E-state index >= 15 is 0 Å². The number of amides is 2. The largest absolute Gasteiger partial charge is 0.366 e. The highest BCUT2D eigenvalue weighted by atomic mass is 35.5. The fourth-order valence-corrected chi connectivity index (χ4v) is 6.00. The van der Waals surface area contributed by atoms with Gasteiger partial charge in [-0.15, -0.1) is 0 Å². The van der Waals surface area contributed by atoms with Crippen molar-refractivity contribution >= 4 is 62.2 Å². The monoisotopic (exact) mass is 503 g/mol. The van der Waals surface area contributed by atoms with Crippen LogP contribution in [-0.2, 0) is 20.4 Å². The van der Waals surface area contributed by atoms with Crippen LogP contribution < -0.4 is 11.1 Å². The van der Waals surface area contributed by atoms with E-state index in [1.807, 2.05) is 0 Å². The number of benzene rings is 2. The summed E-state index contributed by atoms with van der Waals surface area (Å²) >= 11 is 12.3. The topological polar surface area (TPSA) is 122 Å². The molecule has 1 aliphatic heterocycles. The minimum atomic E-state index is -3.82. The zero-order valence-electron chi connectivity index (χ0n) is 17.6. The van der Waals surface area contributed by atoms with Crippen molar-refractivity contribution in [2.75, 3.05) is 5.32 Å². The molecule has 0 saturated carbocycles. The second kappa shape index (κ2) is 8.37. The SMILES string of the molecule is Cc1[nH]c(C=C2C(=O)Nc3ccc(S(=O)(=O)Cc4c(Cl)cccc4Cl)cc32)c(C)c1C(N)=O. The molecule has 7 nitrogen and oxygen atoms in total. The number of nitrogens with two attached hydrogens (primary N) is 1. The Morgan fingerprint density at radius 3 is 2.39 bits per heavy atom. The minimum absolute atomic E-state index is 0.0249. The van der Waals surface area contributed by atoms with Gasteiger partial charge in [-0.2, -0.15) is 0 Å². The quantitative estimate of drug-likeness (QED) is 0.443. The number of halogens is 2. The van der Waals surface area contributed by atoms with Gasteiger partial charge in [-0.3, -0.25) is 9.59 Å². The lowest BCUT2D eigenvalue weighted by atomic mass is 10.0.